The third-order valence-electron chi connectivity index (χ3n) is 4.10. The van der Waals surface area contributed by atoms with Crippen LogP contribution in [0.15, 0.2) is 72.8 Å². The molecule has 3 aromatic rings. The van der Waals surface area contributed by atoms with Crippen LogP contribution in [0.2, 0.25) is 0 Å². The maximum Gasteiger partial charge on any atom is 0.255 e. The highest BCUT2D eigenvalue weighted by Gasteiger charge is 2.11. The van der Waals surface area contributed by atoms with Crippen LogP contribution in [-0.2, 0) is 0 Å². The van der Waals surface area contributed by atoms with E-state index in [9.17, 15) is 9.59 Å². The first kappa shape index (κ1) is 19.0. The van der Waals surface area contributed by atoms with Crippen LogP contribution in [0, 0.1) is 0 Å². The van der Waals surface area contributed by atoms with Crippen LogP contribution in [0.4, 0.5) is 11.4 Å². The molecule has 3 rings (SSSR count). The smallest absolute Gasteiger partial charge is 0.255 e. The van der Waals surface area contributed by atoms with Crippen LogP contribution in [-0.4, -0.2) is 26.0 Å². The summed E-state index contributed by atoms with van der Waals surface area (Å²) in [4.78, 5) is 24.7. The highest BCUT2D eigenvalue weighted by Crippen LogP contribution is 2.29. The SMILES string of the molecule is COc1ccc(NC(=O)c2ccc(NC(=O)c3ccccc3)cc2)c(OC)c1. The molecule has 28 heavy (non-hydrogen) atoms. The van der Waals surface area contributed by atoms with E-state index in [1.807, 2.05) is 6.07 Å². The number of amides is 2. The van der Waals surface area contributed by atoms with Crippen molar-refractivity contribution in [2.24, 2.45) is 0 Å². The molecule has 142 valence electrons. The molecule has 0 aromatic heterocycles. The molecular weight excluding hydrogens is 356 g/mol. The molecule has 0 saturated carbocycles. The summed E-state index contributed by atoms with van der Waals surface area (Å²) in [5.41, 5.74) is 2.16. The second kappa shape index (κ2) is 8.73. The molecule has 2 N–H and O–H groups in total. The predicted molar refractivity (Wildman–Crippen MR) is 108 cm³/mol. The van der Waals surface area contributed by atoms with Gasteiger partial charge in [-0.1, -0.05) is 18.2 Å². The van der Waals surface area contributed by atoms with Crippen molar-refractivity contribution in [1.29, 1.82) is 0 Å². The van der Waals surface area contributed by atoms with Crippen molar-refractivity contribution in [1.82, 2.24) is 0 Å². The lowest BCUT2D eigenvalue weighted by Crippen LogP contribution is -2.14. The number of carbonyl (C=O) groups is 2. The molecule has 0 aliphatic heterocycles. The Morgan fingerprint density at radius 1 is 0.714 bits per heavy atom. The Morgan fingerprint density at radius 3 is 2.00 bits per heavy atom. The van der Waals surface area contributed by atoms with Gasteiger partial charge in [0.05, 0.1) is 19.9 Å². The quantitative estimate of drug-likeness (QED) is 0.676. The number of benzene rings is 3. The average Bonchev–Trinajstić information content (AvgIpc) is 2.75. The molecule has 0 atom stereocenters. The van der Waals surface area contributed by atoms with E-state index in [0.717, 1.165) is 0 Å². The third kappa shape index (κ3) is 4.48. The predicted octanol–water partition coefficient (Wildman–Crippen LogP) is 4.21. The van der Waals surface area contributed by atoms with Gasteiger partial charge in [-0.2, -0.15) is 0 Å². The van der Waals surface area contributed by atoms with Crippen molar-refractivity contribution in [2.75, 3.05) is 24.9 Å². The Labute approximate surface area is 163 Å². The zero-order chi connectivity index (χ0) is 19.9. The number of anilines is 2. The van der Waals surface area contributed by atoms with Gasteiger partial charge in [0.1, 0.15) is 11.5 Å². The summed E-state index contributed by atoms with van der Waals surface area (Å²) in [5.74, 6) is 0.637. The van der Waals surface area contributed by atoms with Crippen molar-refractivity contribution < 1.29 is 19.1 Å². The normalized spacial score (nSPS) is 10.1. The Hall–Kier alpha value is -3.80. The van der Waals surface area contributed by atoms with Gasteiger partial charge in [0.25, 0.3) is 11.8 Å². The number of carbonyl (C=O) groups excluding carboxylic acids is 2. The fourth-order valence-electron chi connectivity index (χ4n) is 2.59. The van der Waals surface area contributed by atoms with E-state index in [1.54, 1.807) is 73.8 Å². The molecule has 0 heterocycles. The van der Waals surface area contributed by atoms with E-state index in [1.165, 1.54) is 7.11 Å². The van der Waals surface area contributed by atoms with Crippen LogP contribution in [0.25, 0.3) is 0 Å². The number of hydrogen-bond acceptors (Lipinski definition) is 4. The Bertz CT molecular complexity index is 970. The number of nitrogens with one attached hydrogen (secondary N) is 2. The zero-order valence-corrected chi connectivity index (χ0v) is 15.6. The fraction of sp³-hybridized carbons (Fsp3) is 0.0909. The van der Waals surface area contributed by atoms with E-state index < -0.39 is 0 Å². The first-order chi connectivity index (χ1) is 13.6. The molecule has 6 heteroatoms. The van der Waals surface area contributed by atoms with Crippen LogP contribution < -0.4 is 20.1 Å². The molecule has 2 amide bonds. The van der Waals surface area contributed by atoms with Gasteiger partial charge >= 0.3 is 0 Å². The highest BCUT2D eigenvalue weighted by atomic mass is 16.5. The molecule has 3 aromatic carbocycles. The standard InChI is InChI=1S/C22H20N2O4/c1-27-18-12-13-19(20(14-18)28-2)24-22(26)16-8-10-17(11-9-16)23-21(25)15-6-4-3-5-7-15/h3-14H,1-2H3,(H,23,25)(H,24,26). The van der Waals surface area contributed by atoms with E-state index in [-0.39, 0.29) is 11.8 Å². The van der Waals surface area contributed by atoms with Gasteiger partial charge in [-0.3, -0.25) is 9.59 Å². The highest BCUT2D eigenvalue weighted by molar-refractivity contribution is 6.06. The summed E-state index contributed by atoms with van der Waals surface area (Å²) >= 11 is 0. The first-order valence-electron chi connectivity index (χ1n) is 8.60. The Kier molecular flexibility index (Phi) is 5.91. The molecule has 0 saturated heterocycles. The number of rotatable bonds is 6. The lowest BCUT2D eigenvalue weighted by molar-refractivity contribution is 0.101. The fourth-order valence-corrected chi connectivity index (χ4v) is 2.59. The third-order valence-corrected chi connectivity index (χ3v) is 4.10. The molecular formula is C22H20N2O4. The second-order valence-electron chi connectivity index (χ2n) is 5.92. The van der Waals surface area contributed by atoms with Crippen LogP contribution in [0.1, 0.15) is 20.7 Å². The minimum atomic E-state index is -0.288. The van der Waals surface area contributed by atoms with Gasteiger partial charge in [-0.25, -0.2) is 0 Å². The molecule has 0 fully saturated rings. The van der Waals surface area contributed by atoms with Gasteiger partial charge in [-0.15, -0.1) is 0 Å². The van der Waals surface area contributed by atoms with E-state index in [4.69, 9.17) is 9.47 Å². The van der Waals surface area contributed by atoms with E-state index in [0.29, 0.717) is 34.0 Å². The minimum absolute atomic E-state index is 0.208. The van der Waals surface area contributed by atoms with Gasteiger partial charge in [0.2, 0.25) is 0 Å². The van der Waals surface area contributed by atoms with Gasteiger partial charge in [0, 0.05) is 22.9 Å². The maximum atomic E-state index is 12.5. The maximum absolute atomic E-state index is 12.5. The topological polar surface area (TPSA) is 76.7 Å². The minimum Gasteiger partial charge on any atom is -0.497 e. The lowest BCUT2D eigenvalue weighted by atomic mass is 10.1. The summed E-state index contributed by atoms with van der Waals surface area (Å²) in [6, 6.07) is 20.7. The van der Waals surface area contributed by atoms with Crippen molar-refractivity contribution in [3.05, 3.63) is 83.9 Å². The number of methoxy groups -OCH3 is 2. The molecule has 0 spiro atoms. The van der Waals surface area contributed by atoms with Gasteiger partial charge in [-0.05, 0) is 48.5 Å². The molecule has 0 unspecified atom stereocenters. The van der Waals surface area contributed by atoms with Crippen molar-refractivity contribution in [3.63, 3.8) is 0 Å². The average molecular weight is 376 g/mol. The lowest BCUT2D eigenvalue weighted by Gasteiger charge is -2.12. The van der Waals surface area contributed by atoms with E-state index in [2.05, 4.69) is 10.6 Å². The molecule has 0 radical (unpaired) electrons. The summed E-state index contributed by atoms with van der Waals surface area (Å²) in [6.07, 6.45) is 0. The summed E-state index contributed by atoms with van der Waals surface area (Å²) in [6.45, 7) is 0. The summed E-state index contributed by atoms with van der Waals surface area (Å²) < 4.78 is 10.4. The largest absolute Gasteiger partial charge is 0.497 e. The number of hydrogen-bond donors (Lipinski definition) is 2. The zero-order valence-electron chi connectivity index (χ0n) is 15.6. The van der Waals surface area contributed by atoms with Crippen LogP contribution in [0.3, 0.4) is 0 Å². The van der Waals surface area contributed by atoms with Gasteiger partial charge < -0.3 is 20.1 Å². The molecule has 0 aliphatic rings. The van der Waals surface area contributed by atoms with Crippen molar-refractivity contribution in [2.45, 2.75) is 0 Å². The number of ether oxygens (including phenoxy) is 2. The van der Waals surface area contributed by atoms with Gasteiger partial charge in [0.15, 0.2) is 0 Å². The monoisotopic (exact) mass is 376 g/mol. The first-order valence-corrected chi connectivity index (χ1v) is 8.60. The van der Waals surface area contributed by atoms with Crippen molar-refractivity contribution in [3.8, 4) is 11.5 Å². The van der Waals surface area contributed by atoms with Crippen LogP contribution >= 0.6 is 0 Å². The Balaban J connectivity index is 1.68. The molecule has 6 nitrogen and oxygen atoms in total. The summed E-state index contributed by atoms with van der Waals surface area (Å²) in [5, 5.41) is 5.61. The molecule has 0 bridgehead atoms. The van der Waals surface area contributed by atoms with Crippen LogP contribution in [0.5, 0.6) is 11.5 Å². The molecule has 0 aliphatic carbocycles. The van der Waals surface area contributed by atoms with E-state index >= 15 is 0 Å². The second-order valence-corrected chi connectivity index (χ2v) is 5.92. The van der Waals surface area contributed by atoms with Crippen molar-refractivity contribution >= 4 is 23.2 Å². The summed E-state index contributed by atoms with van der Waals surface area (Å²) in [7, 11) is 3.08. The Morgan fingerprint density at radius 2 is 1.36 bits per heavy atom.